The molecule has 0 spiro atoms. The van der Waals surface area contributed by atoms with Gasteiger partial charge in [0, 0.05) is 23.8 Å². The van der Waals surface area contributed by atoms with E-state index in [1.54, 1.807) is 12.1 Å². The van der Waals surface area contributed by atoms with Gasteiger partial charge in [-0.3, -0.25) is 9.69 Å². The Kier molecular flexibility index (Phi) is 5.16. The SMILES string of the molecule is CCCC(C)N(C)Cc1cc(N)ccc1C=O. The van der Waals surface area contributed by atoms with Crippen LogP contribution in [0.25, 0.3) is 0 Å². The monoisotopic (exact) mass is 234 g/mol. The zero-order chi connectivity index (χ0) is 12.8. The normalized spacial score (nSPS) is 12.7. The fourth-order valence-electron chi connectivity index (χ4n) is 1.94. The quantitative estimate of drug-likeness (QED) is 0.608. The first kappa shape index (κ1) is 13.7. The molecule has 0 aliphatic carbocycles. The lowest BCUT2D eigenvalue weighted by atomic mass is 10.1. The van der Waals surface area contributed by atoms with Gasteiger partial charge in [0.15, 0.2) is 0 Å². The van der Waals surface area contributed by atoms with Crippen molar-refractivity contribution in [2.75, 3.05) is 12.8 Å². The van der Waals surface area contributed by atoms with Crippen LogP contribution in [0.2, 0.25) is 0 Å². The summed E-state index contributed by atoms with van der Waals surface area (Å²) >= 11 is 0. The molecule has 0 aliphatic heterocycles. The summed E-state index contributed by atoms with van der Waals surface area (Å²) in [6.07, 6.45) is 3.23. The highest BCUT2D eigenvalue weighted by Gasteiger charge is 2.11. The minimum absolute atomic E-state index is 0.515. The number of nitrogen functional groups attached to an aromatic ring is 1. The summed E-state index contributed by atoms with van der Waals surface area (Å²) in [5.74, 6) is 0. The maximum absolute atomic E-state index is 11.0. The molecule has 1 aromatic rings. The van der Waals surface area contributed by atoms with Crippen LogP contribution in [0.3, 0.4) is 0 Å². The molecule has 1 aromatic carbocycles. The third-order valence-corrected chi connectivity index (χ3v) is 3.17. The van der Waals surface area contributed by atoms with Crippen molar-refractivity contribution < 1.29 is 4.79 Å². The summed E-state index contributed by atoms with van der Waals surface area (Å²) in [5.41, 5.74) is 8.20. The molecule has 0 amide bonds. The largest absolute Gasteiger partial charge is 0.399 e. The Morgan fingerprint density at radius 3 is 2.76 bits per heavy atom. The molecule has 0 fully saturated rings. The molecule has 1 unspecified atom stereocenters. The first-order valence-electron chi connectivity index (χ1n) is 6.12. The number of hydrogen-bond acceptors (Lipinski definition) is 3. The molecule has 0 radical (unpaired) electrons. The third-order valence-electron chi connectivity index (χ3n) is 3.17. The lowest BCUT2D eigenvalue weighted by molar-refractivity contribution is 0.112. The summed E-state index contributed by atoms with van der Waals surface area (Å²) in [4.78, 5) is 13.2. The Balaban J connectivity index is 2.79. The van der Waals surface area contributed by atoms with Crippen molar-refractivity contribution in [3.8, 4) is 0 Å². The fourth-order valence-corrected chi connectivity index (χ4v) is 1.94. The summed E-state index contributed by atoms with van der Waals surface area (Å²) in [6, 6.07) is 5.96. The second kappa shape index (κ2) is 6.40. The van der Waals surface area contributed by atoms with E-state index in [1.807, 2.05) is 6.07 Å². The molecule has 0 bridgehead atoms. The van der Waals surface area contributed by atoms with Gasteiger partial charge in [0.25, 0.3) is 0 Å². The molecule has 94 valence electrons. The van der Waals surface area contributed by atoms with Gasteiger partial charge < -0.3 is 5.73 Å². The Hall–Kier alpha value is -1.35. The number of rotatable bonds is 6. The molecule has 0 saturated carbocycles. The highest BCUT2D eigenvalue weighted by molar-refractivity contribution is 5.78. The van der Waals surface area contributed by atoms with Crippen LogP contribution < -0.4 is 5.73 Å². The Labute approximate surface area is 104 Å². The van der Waals surface area contributed by atoms with Crippen molar-refractivity contribution in [1.82, 2.24) is 4.90 Å². The van der Waals surface area contributed by atoms with E-state index in [0.29, 0.717) is 11.7 Å². The zero-order valence-corrected chi connectivity index (χ0v) is 10.9. The summed E-state index contributed by atoms with van der Waals surface area (Å²) < 4.78 is 0. The molecule has 3 nitrogen and oxygen atoms in total. The Bertz CT molecular complexity index is 376. The van der Waals surface area contributed by atoms with Gasteiger partial charge in [-0.15, -0.1) is 0 Å². The van der Waals surface area contributed by atoms with Gasteiger partial charge in [-0.25, -0.2) is 0 Å². The molecule has 1 atom stereocenters. The van der Waals surface area contributed by atoms with Crippen molar-refractivity contribution in [3.63, 3.8) is 0 Å². The third kappa shape index (κ3) is 3.86. The van der Waals surface area contributed by atoms with Gasteiger partial charge in [0.05, 0.1) is 0 Å². The van der Waals surface area contributed by atoms with Crippen molar-refractivity contribution in [3.05, 3.63) is 29.3 Å². The standard InChI is InChI=1S/C14H22N2O/c1-4-5-11(2)16(3)9-13-8-14(15)7-6-12(13)10-17/h6-8,10-11H,4-5,9,15H2,1-3H3. The average Bonchev–Trinajstić information content (AvgIpc) is 2.29. The predicted molar refractivity (Wildman–Crippen MR) is 72.1 cm³/mol. The summed E-state index contributed by atoms with van der Waals surface area (Å²) in [5, 5.41) is 0. The molecule has 2 N–H and O–H groups in total. The molecule has 0 saturated heterocycles. The maximum atomic E-state index is 11.0. The topological polar surface area (TPSA) is 46.3 Å². The Morgan fingerprint density at radius 1 is 1.47 bits per heavy atom. The number of carbonyl (C=O) groups is 1. The van der Waals surface area contributed by atoms with Gasteiger partial charge in [0.2, 0.25) is 0 Å². The van der Waals surface area contributed by atoms with Crippen LogP contribution in [-0.2, 0) is 6.54 Å². The van der Waals surface area contributed by atoms with Gasteiger partial charge in [-0.05, 0) is 44.2 Å². The van der Waals surface area contributed by atoms with Crippen LogP contribution in [0.4, 0.5) is 5.69 Å². The van der Waals surface area contributed by atoms with Crippen molar-refractivity contribution in [2.24, 2.45) is 0 Å². The van der Waals surface area contributed by atoms with Crippen LogP contribution >= 0.6 is 0 Å². The van der Waals surface area contributed by atoms with Gasteiger partial charge in [-0.2, -0.15) is 0 Å². The van der Waals surface area contributed by atoms with E-state index in [0.717, 1.165) is 30.4 Å². The maximum Gasteiger partial charge on any atom is 0.150 e. The molecule has 0 heterocycles. The van der Waals surface area contributed by atoms with E-state index < -0.39 is 0 Å². The molecule has 17 heavy (non-hydrogen) atoms. The minimum atomic E-state index is 0.515. The van der Waals surface area contributed by atoms with Gasteiger partial charge >= 0.3 is 0 Å². The Morgan fingerprint density at radius 2 is 2.18 bits per heavy atom. The predicted octanol–water partition coefficient (Wildman–Crippen LogP) is 2.70. The van der Waals surface area contributed by atoms with Crippen LogP contribution in [0.15, 0.2) is 18.2 Å². The summed E-state index contributed by atoms with van der Waals surface area (Å²) in [6.45, 7) is 5.15. The van der Waals surface area contributed by atoms with E-state index in [2.05, 4.69) is 25.8 Å². The van der Waals surface area contributed by atoms with Crippen molar-refractivity contribution >= 4 is 12.0 Å². The molecule has 0 aromatic heterocycles. The molecule has 1 rings (SSSR count). The molecular formula is C14H22N2O. The highest BCUT2D eigenvalue weighted by Crippen LogP contribution is 2.16. The van der Waals surface area contributed by atoms with Crippen molar-refractivity contribution in [1.29, 1.82) is 0 Å². The number of hydrogen-bond donors (Lipinski definition) is 1. The molecular weight excluding hydrogens is 212 g/mol. The van der Waals surface area contributed by atoms with E-state index in [4.69, 9.17) is 5.73 Å². The number of nitrogens with zero attached hydrogens (tertiary/aromatic N) is 1. The number of carbonyl (C=O) groups excluding carboxylic acids is 1. The van der Waals surface area contributed by atoms with Gasteiger partial charge in [-0.1, -0.05) is 13.3 Å². The fraction of sp³-hybridized carbons (Fsp3) is 0.500. The molecule has 0 aliphatic rings. The van der Waals surface area contributed by atoms with E-state index in [9.17, 15) is 4.79 Å². The second-order valence-corrected chi connectivity index (χ2v) is 4.63. The number of nitrogens with two attached hydrogens (primary N) is 1. The van der Waals surface area contributed by atoms with Crippen LogP contribution in [0.1, 0.15) is 42.6 Å². The second-order valence-electron chi connectivity index (χ2n) is 4.63. The van der Waals surface area contributed by atoms with E-state index >= 15 is 0 Å². The summed E-state index contributed by atoms with van der Waals surface area (Å²) in [7, 11) is 2.08. The number of benzene rings is 1. The van der Waals surface area contributed by atoms with Crippen LogP contribution in [-0.4, -0.2) is 24.3 Å². The van der Waals surface area contributed by atoms with Crippen LogP contribution in [0.5, 0.6) is 0 Å². The number of anilines is 1. The average molecular weight is 234 g/mol. The zero-order valence-electron chi connectivity index (χ0n) is 10.9. The van der Waals surface area contributed by atoms with Gasteiger partial charge in [0.1, 0.15) is 6.29 Å². The molecule has 3 heteroatoms. The smallest absolute Gasteiger partial charge is 0.150 e. The lowest BCUT2D eigenvalue weighted by Gasteiger charge is -2.25. The lowest BCUT2D eigenvalue weighted by Crippen LogP contribution is -2.28. The van der Waals surface area contributed by atoms with E-state index in [1.165, 1.54) is 6.42 Å². The first-order valence-corrected chi connectivity index (χ1v) is 6.12. The highest BCUT2D eigenvalue weighted by atomic mass is 16.1. The first-order chi connectivity index (χ1) is 8.08. The van der Waals surface area contributed by atoms with E-state index in [-0.39, 0.29) is 0 Å². The van der Waals surface area contributed by atoms with Crippen LogP contribution in [0, 0.1) is 0 Å². The number of aldehydes is 1. The van der Waals surface area contributed by atoms with Crippen molar-refractivity contribution in [2.45, 2.75) is 39.3 Å². The minimum Gasteiger partial charge on any atom is -0.399 e.